The van der Waals surface area contributed by atoms with Crippen molar-refractivity contribution >= 4 is 29.8 Å². The fourth-order valence-electron chi connectivity index (χ4n) is 2.88. The number of nitrogens with one attached hydrogen (secondary N) is 2. The zero-order chi connectivity index (χ0) is 24.5. The molecule has 35 heavy (non-hydrogen) atoms. The molecule has 0 radical (unpaired) electrons. The van der Waals surface area contributed by atoms with Gasteiger partial charge in [0.15, 0.2) is 0 Å². The first-order chi connectivity index (χ1) is 17.1. The predicted molar refractivity (Wildman–Crippen MR) is 133 cm³/mol. The van der Waals surface area contributed by atoms with Crippen LogP contribution in [0.4, 0.5) is 10.3 Å². The number of thioether (sulfide) groups is 1. The summed E-state index contributed by atoms with van der Waals surface area (Å²) in [6, 6.07) is 22.8. The number of carbonyl (C=O) groups excluding carboxylic acids is 1. The molecule has 3 aromatic carbocycles. The van der Waals surface area contributed by atoms with E-state index in [1.807, 2.05) is 54.6 Å². The number of nitrogens with zero attached hydrogens (tertiary/aromatic N) is 4. The number of ether oxygens (including phenoxy) is 1. The lowest BCUT2D eigenvalue weighted by atomic mass is 10.2. The standard InChI is InChI=1S/C24H22FN7O2S/c25-19-11-9-17(10-12-19)14-27-22(33)16-35-24-31-30-23(32(24)26)29-28-15-18-5-4-8-21(13-18)34-20-6-2-1-3-7-20/h1-13,15H,14,16,26H2,(H,27,33)(H,29,30)/b28-15+. The highest BCUT2D eigenvalue weighted by Crippen LogP contribution is 2.21. The van der Waals surface area contributed by atoms with E-state index in [4.69, 9.17) is 10.6 Å². The van der Waals surface area contributed by atoms with E-state index < -0.39 is 0 Å². The van der Waals surface area contributed by atoms with Crippen LogP contribution in [0.2, 0.25) is 0 Å². The zero-order valence-electron chi connectivity index (χ0n) is 18.5. The van der Waals surface area contributed by atoms with Crippen LogP contribution in [-0.4, -0.2) is 32.7 Å². The van der Waals surface area contributed by atoms with Crippen molar-refractivity contribution in [3.05, 3.63) is 95.8 Å². The molecule has 0 atom stereocenters. The van der Waals surface area contributed by atoms with E-state index in [1.54, 1.807) is 18.3 Å². The van der Waals surface area contributed by atoms with Gasteiger partial charge in [0.1, 0.15) is 17.3 Å². The van der Waals surface area contributed by atoms with E-state index in [9.17, 15) is 9.18 Å². The van der Waals surface area contributed by atoms with Crippen LogP contribution < -0.4 is 21.3 Å². The Morgan fingerprint density at radius 3 is 2.63 bits per heavy atom. The Balaban J connectivity index is 1.26. The second kappa shape index (κ2) is 11.7. The first-order valence-electron chi connectivity index (χ1n) is 10.5. The highest BCUT2D eigenvalue weighted by molar-refractivity contribution is 7.99. The maximum Gasteiger partial charge on any atom is 0.264 e. The van der Waals surface area contributed by atoms with Gasteiger partial charge in [0, 0.05) is 6.54 Å². The van der Waals surface area contributed by atoms with Crippen LogP contribution >= 0.6 is 11.8 Å². The van der Waals surface area contributed by atoms with E-state index in [0.29, 0.717) is 17.5 Å². The molecule has 0 saturated carbocycles. The Labute approximate surface area is 205 Å². The minimum atomic E-state index is -0.322. The largest absolute Gasteiger partial charge is 0.457 e. The highest BCUT2D eigenvalue weighted by atomic mass is 32.2. The third-order valence-corrected chi connectivity index (χ3v) is 5.56. The van der Waals surface area contributed by atoms with E-state index in [-0.39, 0.29) is 23.4 Å². The van der Waals surface area contributed by atoms with E-state index in [2.05, 4.69) is 26.0 Å². The Hall–Kier alpha value is -4.38. The second-order valence-corrected chi connectivity index (χ2v) is 8.17. The number of hydrazone groups is 1. The average Bonchev–Trinajstić information content (AvgIpc) is 3.22. The number of carbonyl (C=O) groups is 1. The molecular formula is C24H22FN7O2S. The summed E-state index contributed by atoms with van der Waals surface area (Å²) in [5.74, 6) is 7.19. The Morgan fingerprint density at radius 2 is 1.83 bits per heavy atom. The van der Waals surface area contributed by atoms with Gasteiger partial charge in [0.2, 0.25) is 11.1 Å². The van der Waals surface area contributed by atoms with Crippen molar-refractivity contribution in [3.8, 4) is 11.5 Å². The molecule has 0 aliphatic carbocycles. The molecular weight excluding hydrogens is 469 g/mol. The topological polar surface area (TPSA) is 119 Å². The van der Waals surface area contributed by atoms with Crippen LogP contribution in [-0.2, 0) is 11.3 Å². The Morgan fingerprint density at radius 1 is 1.06 bits per heavy atom. The van der Waals surface area contributed by atoms with Crippen molar-refractivity contribution in [2.45, 2.75) is 11.7 Å². The molecule has 9 nitrogen and oxygen atoms in total. The quantitative estimate of drug-likeness (QED) is 0.134. The summed E-state index contributed by atoms with van der Waals surface area (Å²) in [6.45, 7) is 0.300. The number of rotatable bonds is 10. The van der Waals surface area contributed by atoms with Gasteiger partial charge in [-0.2, -0.15) is 5.10 Å². The number of halogens is 1. The molecule has 0 fully saturated rings. The number of aromatic nitrogens is 3. The molecule has 4 aromatic rings. The van der Waals surface area contributed by atoms with Gasteiger partial charge in [0.25, 0.3) is 5.95 Å². The number of para-hydroxylation sites is 1. The van der Waals surface area contributed by atoms with Gasteiger partial charge in [-0.1, -0.05) is 54.2 Å². The SMILES string of the molecule is Nn1c(N/N=C/c2cccc(Oc3ccccc3)c2)nnc1SCC(=O)NCc1ccc(F)cc1. The number of amides is 1. The molecule has 0 saturated heterocycles. The van der Waals surface area contributed by atoms with Crippen molar-refractivity contribution in [2.24, 2.45) is 5.10 Å². The molecule has 0 bridgehead atoms. The molecule has 178 valence electrons. The summed E-state index contributed by atoms with van der Waals surface area (Å²) in [5, 5.41) is 15.2. The smallest absolute Gasteiger partial charge is 0.264 e. The predicted octanol–water partition coefficient (Wildman–Crippen LogP) is 3.78. The Kier molecular flexibility index (Phi) is 7.92. The van der Waals surface area contributed by atoms with Crippen LogP contribution in [0.1, 0.15) is 11.1 Å². The lowest BCUT2D eigenvalue weighted by Gasteiger charge is -2.06. The third kappa shape index (κ3) is 7.05. The van der Waals surface area contributed by atoms with Crippen molar-refractivity contribution in [2.75, 3.05) is 17.0 Å². The summed E-state index contributed by atoms with van der Waals surface area (Å²) in [6.07, 6.45) is 1.60. The first-order valence-corrected chi connectivity index (χ1v) is 11.5. The zero-order valence-corrected chi connectivity index (χ0v) is 19.3. The molecule has 1 amide bonds. The van der Waals surface area contributed by atoms with Crippen LogP contribution in [0.3, 0.4) is 0 Å². The van der Waals surface area contributed by atoms with Gasteiger partial charge < -0.3 is 15.9 Å². The number of nitrogen functional groups attached to an aromatic ring is 1. The maximum atomic E-state index is 13.0. The highest BCUT2D eigenvalue weighted by Gasteiger charge is 2.12. The van der Waals surface area contributed by atoms with Crippen molar-refractivity contribution in [3.63, 3.8) is 0 Å². The lowest BCUT2D eigenvalue weighted by Crippen LogP contribution is -2.25. The number of nitrogens with two attached hydrogens (primary N) is 1. The summed E-state index contributed by atoms with van der Waals surface area (Å²) in [7, 11) is 0. The molecule has 0 unspecified atom stereocenters. The summed E-state index contributed by atoms with van der Waals surface area (Å²) in [4.78, 5) is 12.1. The van der Waals surface area contributed by atoms with Crippen LogP contribution in [0.15, 0.2) is 89.1 Å². The van der Waals surface area contributed by atoms with E-state index in [1.165, 1.54) is 16.8 Å². The van der Waals surface area contributed by atoms with Gasteiger partial charge in [-0.05, 0) is 47.5 Å². The van der Waals surface area contributed by atoms with Crippen LogP contribution in [0.25, 0.3) is 0 Å². The maximum absolute atomic E-state index is 13.0. The van der Waals surface area contributed by atoms with Crippen molar-refractivity contribution in [1.29, 1.82) is 0 Å². The van der Waals surface area contributed by atoms with Gasteiger partial charge in [-0.15, -0.1) is 10.2 Å². The Bertz CT molecular complexity index is 1300. The third-order valence-electron chi connectivity index (χ3n) is 4.62. The molecule has 11 heteroatoms. The van der Waals surface area contributed by atoms with Crippen molar-refractivity contribution in [1.82, 2.24) is 20.2 Å². The molecule has 1 heterocycles. The number of benzene rings is 3. The molecule has 1 aromatic heterocycles. The number of anilines is 1. The minimum absolute atomic E-state index is 0.0913. The molecule has 0 aliphatic heterocycles. The van der Waals surface area contributed by atoms with Gasteiger partial charge >= 0.3 is 0 Å². The first kappa shape index (κ1) is 23.8. The normalized spacial score (nSPS) is 10.9. The molecule has 0 aliphatic rings. The van der Waals surface area contributed by atoms with Gasteiger partial charge in [-0.25, -0.2) is 14.5 Å². The fraction of sp³-hybridized carbons (Fsp3) is 0.0833. The molecule has 4 rings (SSSR count). The van der Waals surface area contributed by atoms with Crippen LogP contribution in [0.5, 0.6) is 11.5 Å². The average molecular weight is 492 g/mol. The summed E-state index contributed by atoms with van der Waals surface area (Å²) < 4.78 is 20.0. The number of hydrogen-bond donors (Lipinski definition) is 3. The monoisotopic (exact) mass is 491 g/mol. The van der Waals surface area contributed by atoms with Gasteiger partial charge in [-0.3, -0.25) is 4.79 Å². The lowest BCUT2D eigenvalue weighted by molar-refractivity contribution is -0.118. The fourth-order valence-corrected chi connectivity index (χ4v) is 3.57. The van der Waals surface area contributed by atoms with Crippen LogP contribution in [0, 0.1) is 5.82 Å². The molecule has 0 spiro atoms. The molecule has 4 N–H and O–H groups in total. The summed E-state index contributed by atoms with van der Waals surface area (Å²) >= 11 is 1.13. The second-order valence-electron chi connectivity index (χ2n) is 7.23. The number of hydrogen-bond acceptors (Lipinski definition) is 8. The minimum Gasteiger partial charge on any atom is -0.457 e. The summed E-state index contributed by atoms with van der Waals surface area (Å²) in [5.41, 5.74) is 4.34. The van der Waals surface area contributed by atoms with Crippen molar-refractivity contribution < 1.29 is 13.9 Å². The van der Waals surface area contributed by atoms with E-state index in [0.717, 1.165) is 28.6 Å². The van der Waals surface area contributed by atoms with Gasteiger partial charge in [0.05, 0.1) is 12.0 Å². The van der Waals surface area contributed by atoms with E-state index >= 15 is 0 Å².